The Bertz CT molecular complexity index is 416. The van der Waals surface area contributed by atoms with Crippen LogP contribution >= 0.6 is 0 Å². The van der Waals surface area contributed by atoms with E-state index in [1.54, 1.807) is 19.2 Å². The zero-order valence-electron chi connectivity index (χ0n) is 11.7. The van der Waals surface area contributed by atoms with Crippen molar-refractivity contribution in [3.8, 4) is 5.75 Å². The first-order valence-electron chi connectivity index (χ1n) is 6.77. The van der Waals surface area contributed by atoms with Crippen molar-refractivity contribution in [2.24, 2.45) is 0 Å². The molecule has 2 amide bonds. The molecular weight excluding hydrogens is 258 g/mol. The van der Waals surface area contributed by atoms with Gasteiger partial charge in [-0.2, -0.15) is 0 Å². The van der Waals surface area contributed by atoms with Crippen LogP contribution in [0.25, 0.3) is 0 Å². The van der Waals surface area contributed by atoms with Gasteiger partial charge in [0, 0.05) is 31.9 Å². The largest absolute Gasteiger partial charge is 0.497 e. The molecule has 110 valence electrons. The van der Waals surface area contributed by atoms with Crippen LogP contribution in [0.3, 0.4) is 0 Å². The van der Waals surface area contributed by atoms with Crippen molar-refractivity contribution in [1.82, 2.24) is 10.2 Å². The number of carbonyl (C=O) groups excluding carboxylic acids is 1. The van der Waals surface area contributed by atoms with E-state index in [4.69, 9.17) is 9.47 Å². The van der Waals surface area contributed by atoms with Gasteiger partial charge in [0.05, 0.1) is 20.3 Å². The molecule has 0 aromatic heterocycles. The molecule has 1 aliphatic heterocycles. The molecule has 20 heavy (non-hydrogen) atoms. The summed E-state index contributed by atoms with van der Waals surface area (Å²) in [6, 6.07) is 7.04. The van der Waals surface area contributed by atoms with E-state index in [2.05, 4.69) is 15.5 Å². The van der Waals surface area contributed by atoms with Crippen LogP contribution in [0.15, 0.2) is 24.3 Å². The fourth-order valence-electron chi connectivity index (χ4n) is 2.00. The lowest BCUT2D eigenvalue weighted by molar-refractivity contribution is 0.0388. The number of nitrogens with zero attached hydrogens (tertiary/aromatic N) is 1. The monoisotopic (exact) mass is 279 g/mol. The van der Waals surface area contributed by atoms with Crippen LogP contribution in [0.4, 0.5) is 10.5 Å². The molecule has 0 saturated carbocycles. The second kappa shape index (κ2) is 7.72. The van der Waals surface area contributed by atoms with Gasteiger partial charge in [-0.15, -0.1) is 0 Å². The first-order chi connectivity index (χ1) is 9.78. The SMILES string of the molecule is COc1ccc(NC(=O)NCCN2CCOCC2)cc1. The van der Waals surface area contributed by atoms with Crippen LogP contribution < -0.4 is 15.4 Å². The molecule has 0 unspecified atom stereocenters. The molecule has 1 heterocycles. The molecule has 2 N–H and O–H groups in total. The Labute approximate surface area is 119 Å². The van der Waals surface area contributed by atoms with Gasteiger partial charge in [0.15, 0.2) is 0 Å². The standard InChI is InChI=1S/C14H21N3O3/c1-19-13-4-2-12(3-5-13)16-14(18)15-6-7-17-8-10-20-11-9-17/h2-5H,6-11H2,1H3,(H2,15,16,18). The highest BCUT2D eigenvalue weighted by molar-refractivity contribution is 5.89. The summed E-state index contributed by atoms with van der Waals surface area (Å²) >= 11 is 0. The van der Waals surface area contributed by atoms with E-state index in [-0.39, 0.29) is 6.03 Å². The highest BCUT2D eigenvalue weighted by Gasteiger charge is 2.10. The molecule has 2 rings (SSSR count). The number of hydrogen-bond acceptors (Lipinski definition) is 4. The van der Waals surface area contributed by atoms with Gasteiger partial charge < -0.3 is 20.1 Å². The van der Waals surface area contributed by atoms with Gasteiger partial charge >= 0.3 is 6.03 Å². The van der Waals surface area contributed by atoms with Gasteiger partial charge in [0.25, 0.3) is 0 Å². The number of ether oxygens (including phenoxy) is 2. The molecule has 1 fully saturated rings. The van der Waals surface area contributed by atoms with Crippen LogP contribution in [0.2, 0.25) is 0 Å². The van der Waals surface area contributed by atoms with E-state index in [1.165, 1.54) is 0 Å². The maximum Gasteiger partial charge on any atom is 0.319 e. The van der Waals surface area contributed by atoms with E-state index in [9.17, 15) is 4.79 Å². The number of benzene rings is 1. The second-order valence-corrected chi connectivity index (χ2v) is 4.56. The molecule has 0 bridgehead atoms. The van der Waals surface area contributed by atoms with E-state index >= 15 is 0 Å². The van der Waals surface area contributed by atoms with Crippen LogP contribution in [0, 0.1) is 0 Å². The number of hydrogen-bond donors (Lipinski definition) is 2. The Morgan fingerprint density at radius 1 is 1.30 bits per heavy atom. The molecule has 6 nitrogen and oxygen atoms in total. The number of nitrogens with one attached hydrogen (secondary N) is 2. The fourth-order valence-corrected chi connectivity index (χ4v) is 2.00. The number of amides is 2. The van der Waals surface area contributed by atoms with Gasteiger partial charge in [-0.3, -0.25) is 4.90 Å². The summed E-state index contributed by atoms with van der Waals surface area (Å²) in [6.07, 6.45) is 0. The topological polar surface area (TPSA) is 62.8 Å². The van der Waals surface area contributed by atoms with E-state index in [0.717, 1.165) is 44.3 Å². The Hall–Kier alpha value is -1.79. The van der Waals surface area contributed by atoms with Crippen molar-refractivity contribution in [3.63, 3.8) is 0 Å². The van der Waals surface area contributed by atoms with Crippen LogP contribution in [-0.2, 0) is 4.74 Å². The third-order valence-electron chi connectivity index (χ3n) is 3.17. The first kappa shape index (κ1) is 14.6. The maximum atomic E-state index is 11.7. The summed E-state index contributed by atoms with van der Waals surface area (Å²) in [6.45, 7) is 4.89. The highest BCUT2D eigenvalue weighted by Crippen LogP contribution is 2.14. The highest BCUT2D eigenvalue weighted by atomic mass is 16.5. The minimum atomic E-state index is -0.191. The zero-order chi connectivity index (χ0) is 14.2. The number of methoxy groups -OCH3 is 1. The Balaban J connectivity index is 1.66. The predicted octanol–water partition coefficient (Wildman–Crippen LogP) is 1.15. The van der Waals surface area contributed by atoms with E-state index < -0.39 is 0 Å². The number of anilines is 1. The van der Waals surface area contributed by atoms with Crippen molar-refractivity contribution >= 4 is 11.7 Å². The predicted molar refractivity (Wildman–Crippen MR) is 77.3 cm³/mol. The van der Waals surface area contributed by atoms with Gasteiger partial charge in [-0.1, -0.05) is 0 Å². The van der Waals surface area contributed by atoms with Crippen molar-refractivity contribution in [2.45, 2.75) is 0 Å². The number of rotatable bonds is 5. The average Bonchev–Trinajstić information content (AvgIpc) is 2.49. The maximum absolute atomic E-state index is 11.7. The first-order valence-corrected chi connectivity index (χ1v) is 6.77. The second-order valence-electron chi connectivity index (χ2n) is 4.56. The average molecular weight is 279 g/mol. The molecule has 1 aromatic carbocycles. The molecule has 1 saturated heterocycles. The molecule has 6 heteroatoms. The van der Waals surface area contributed by atoms with Gasteiger partial charge in [-0.25, -0.2) is 4.79 Å². The van der Waals surface area contributed by atoms with Crippen LogP contribution in [0.1, 0.15) is 0 Å². The summed E-state index contributed by atoms with van der Waals surface area (Å²) in [5.41, 5.74) is 0.745. The summed E-state index contributed by atoms with van der Waals surface area (Å²) < 4.78 is 10.3. The van der Waals surface area contributed by atoms with E-state index in [1.807, 2.05) is 12.1 Å². The molecule has 0 atom stereocenters. The van der Waals surface area contributed by atoms with Crippen LogP contribution in [0.5, 0.6) is 5.75 Å². The number of carbonyl (C=O) groups is 1. The summed E-state index contributed by atoms with van der Waals surface area (Å²) in [5.74, 6) is 0.767. The summed E-state index contributed by atoms with van der Waals surface area (Å²) in [5, 5.41) is 5.63. The van der Waals surface area contributed by atoms with Crippen molar-refractivity contribution < 1.29 is 14.3 Å². The molecular formula is C14H21N3O3. The smallest absolute Gasteiger partial charge is 0.319 e. The summed E-state index contributed by atoms with van der Waals surface area (Å²) in [4.78, 5) is 14.0. The summed E-state index contributed by atoms with van der Waals surface area (Å²) in [7, 11) is 1.61. The van der Waals surface area contributed by atoms with Gasteiger partial charge in [-0.05, 0) is 24.3 Å². The Morgan fingerprint density at radius 2 is 2.00 bits per heavy atom. The fraction of sp³-hybridized carbons (Fsp3) is 0.500. The van der Waals surface area contributed by atoms with E-state index in [0.29, 0.717) is 6.54 Å². The minimum absolute atomic E-state index is 0.191. The lowest BCUT2D eigenvalue weighted by Gasteiger charge is -2.26. The Morgan fingerprint density at radius 3 is 2.65 bits per heavy atom. The van der Waals surface area contributed by atoms with Gasteiger partial charge in [0.2, 0.25) is 0 Å². The van der Waals surface area contributed by atoms with Gasteiger partial charge in [0.1, 0.15) is 5.75 Å². The number of morpholine rings is 1. The molecule has 1 aliphatic rings. The minimum Gasteiger partial charge on any atom is -0.497 e. The number of urea groups is 1. The molecule has 1 aromatic rings. The zero-order valence-corrected chi connectivity index (χ0v) is 11.7. The quantitative estimate of drug-likeness (QED) is 0.848. The molecule has 0 spiro atoms. The van der Waals surface area contributed by atoms with Crippen molar-refractivity contribution in [3.05, 3.63) is 24.3 Å². The van der Waals surface area contributed by atoms with Crippen LogP contribution in [-0.4, -0.2) is 57.4 Å². The lowest BCUT2D eigenvalue weighted by Crippen LogP contribution is -2.42. The Kier molecular flexibility index (Phi) is 5.64. The van der Waals surface area contributed by atoms with Crippen molar-refractivity contribution in [2.75, 3.05) is 51.8 Å². The third-order valence-corrected chi connectivity index (χ3v) is 3.17. The van der Waals surface area contributed by atoms with Crippen molar-refractivity contribution in [1.29, 1.82) is 0 Å². The normalized spacial score (nSPS) is 15.7. The third kappa shape index (κ3) is 4.71. The molecule has 0 radical (unpaired) electrons. The lowest BCUT2D eigenvalue weighted by atomic mass is 10.3. The molecule has 0 aliphatic carbocycles.